The minimum absolute atomic E-state index is 0.105. The fourth-order valence-electron chi connectivity index (χ4n) is 6.36. The van der Waals surface area contributed by atoms with Crippen LogP contribution in [0.2, 0.25) is 0 Å². The molecule has 2 aliphatic heterocycles. The lowest BCUT2D eigenvalue weighted by Crippen LogP contribution is -2.42. The number of unbranched alkanes of at least 4 members (excludes halogenated alkanes) is 1. The monoisotopic (exact) mass is 541 g/mol. The van der Waals surface area contributed by atoms with Crippen LogP contribution in [0.15, 0.2) is 24.8 Å². The minimum atomic E-state index is -0.105. The summed E-state index contributed by atoms with van der Waals surface area (Å²) >= 11 is 0. The molecule has 218 valence electrons. The van der Waals surface area contributed by atoms with Crippen molar-refractivity contribution in [3.63, 3.8) is 0 Å². The summed E-state index contributed by atoms with van der Waals surface area (Å²) in [7, 11) is 0. The highest BCUT2D eigenvalue weighted by atomic mass is 16.5. The van der Waals surface area contributed by atoms with Crippen LogP contribution in [-0.4, -0.2) is 92.6 Å². The highest BCUT2D eigenvalue weighted by Gasteiger charge is 2.40. The van der Waals surface area contributed by atoms with Crippen molar-refractivity contribution in [3.8, 4) is 0 Å². The van der Waals surface area contributed by atoms with E-state index >= 15 is 0 Å². The second kappa shape index (κ2) is 15.0. The van der Waals surface area contributed by atoms with Crippen LogP contribution >= 0.6 is 0 Å². The quantitative estimate of drug-likeness (QED) is 0.252. The van der Waals surface area contributed by atoms with Crippen molar-refractivity contribution in [2.24, 2.45) is 11.3 Å². The Kier molecular flexibility index (Phi) is 11.4. The van der Waals surface area contributed by atoms with Gasteiger partial charge in [0.1, 0.15) is 11.6 Å². The zero-order valence-corrected chi connectivity index (χ0v) is 24.6. The van der Waals surface area contributed by atoms with Gasteiger partial charge in [0.05, 0.1) is 19.7 Å². The van der Waals surface area contributed by atoms with E-state index in [-0.39, 0.29) is 5.97 Å². The first-order chi connectivity index (χ1) is 18.9. The first-order valence-electron chi connectivity index (χ1n) is 15.3. The highest BCUT2D eigenvalue weighted by molar-refractivity contribution is 5.69. The van der Waals surface area contributed by atoms with E-state index in [0.717, 1.165) is 63.0 Å². The summed E-state index contributed by atoms with van der Waals surface area (Å²) in [6.45, 7) is 17.9. The summed E-state index contributed by atoms with van der Waals surface area (Å²) < 4.78 is 7.40. The van der Waals surface area contributed by atoms with E-state index in [9.17, 15) is 4.79 Å². The molecular formula is C30H51N7O2. The van der Waals surface area contributed by atoms with Gasteiger partial charge in [0.2, 0.25) is 0 Å². The summed E-state index contributed by atoms with van der Waals surface area (Å²) in [6, 6.07) is 0. The fraction of sp³-hybridized carbons (Fsp3) is 0.767. The van der Waals surface area contributed by atoms with E-state index in [2.05, 4.69) is 49.3 Å². The molecule has 9 nitrogen and oxygen atoms in total. The topological polar surface area (TPSA) is 82.5 Å². The maximum Gasteiger partial charge on any atom is 0.305 e. The predicted molar refractivity (Wildman–Crippen MR) is 154 cm³/mol. The average molecular weight is 542 g/mol. The van der Waals surface area contributed by atoms with Gasteiger partial charge in [0.25, 0.3) is 0 Å². The van der Waals surface area contributed by atoms with Gasteiger partial charge >= 0.3 is 5.97 Å². The molecule has 0 unspecified atom stereocenters. The maximum atomic E-state index is 11.7. The van der Waals surface area contributed by atoms with E-state index in [1.54, 1.807) is 6.20 Å². The van der Waals surface area contributed by atoms with Gasteiger partial charge in [0.15, 0.2) is 0 Å². The van der Waals surface area contributed by atoms with Crippen LogP contribution in [-0.2, 0) is 29.2 Å². The molecule has 1 N–H and O–H groups in total. The molecule has 4 rings (SSSR count). The molecule has 0 bridgehead atoms. The molecule has 0 radical (unpaired) electrons. The number of carbonyl (C=O) groups excluding carboxylic acids is 1. The van der Waals surface area contributed by atoms with Crippen LogP contribution in [0.3, 0.4) is 0 Å². The van der Waals surface area contributed by atoms with Crippen molar-refractivity contribution in [1.82, 2.24) is 34.2 Å². The van der Waals surface area contributed by atoms with Crippen molar-refractivity contribution in [2.75, 3.05) is 52.4 Å². The Morgan fingerprint density at radius 2 is 1.85 bits per heavy atom. The number of nitrogens with one attached hydrogen (secondary N) is 1. The molecule has 0 saturated carbocycles. The smallest absolute Gasteiger partial charge is 0.305 e. The number of nitrogens with zero attached hydrogens (tertiary/aromatic N) is 6. The zero-order valence-electron chi connectivity index (χ0n) is 24.6. The molecule has 0 aromatic carbocycles. The Morgan fingerprint density at radius 3 is 2.56 bits per heavy atom. The molecule has 2 aliphatic rings. The lowest BCUT2D eigenvalue weighted by molar-refractivity contribution is -0.143. The van der Waals surface area contributed by atoms with Crippen molar-refractivity contribution in [3.05, 3.63) is 36.4 Å². The molecule has 2 aromatic rings. The van der Waals surface area contributed by atoms with Crippen molar-refractivity contribution < 1.29 is 9.53 Å². The summed E-state index contributed by atoms with van der Waals surface area (Å²) in [4.78, 5) is 31.8. The third-order valence-electron chi connectivity index (χ3n) is 8.44. The van der Waals surface area contributed by atoms with Crippen LogP contribution in [0, 0.1) is 11.3 Å². The van der Waals surface area contributed by atoms with Gasteiger partial charge in [-0.15, -0.1) is 0 Å². The summed E-state index contributed by atoms with van der Waals surface area (Å²) in [5.74, 6) is 2.71. The average Bonchev–Trinajstić information content (AvgIpc) is 3.66. The molecule has 4 heterocycles. The third-order valence-corrected chi connectivity index (χ3v) is 8.44. The predicted octanol–water partition coefficient (Wildman–Crippen LogP) is 4.18. The second-order valence-electron chi connectivity index (χ2n) is 12.1. The first-order valence-corrected chi connectivity index (χ1v) is 15.3. The summed E-state index contributed by atoms with van der Waals surface area (Å²) in [5, 5.41) is 0. The number of aryl methyl sites for hydroxylation is 1. The number of likely N-dealkylation sites (tertiary alicyclic amines) is 2. The number of aromatic nitrogens is 4. The number of piperidine rings is 1. The Hall–Kier alpha value is -2.23. The molecule has 39 heavy (non-hydrogen) atoms. The number of ether oxygens (including phenoxy) is 1. The van der Waals surface area contributed by atoms with Gasteiger partial charge in [0, 0.05) is 50.8 Å². The molecule has 2 aromatic heterocycles. The van der Waals surface area contributed by atoms with Gasteiger partial charge in [-0.25, -0.2) is 9.97 Å². The van der Waals surface area contributed by atoms with E-state index < -0.39 is 0 Å². The van der Waals surface area contributed by atoms with Crippen LogP contribution < -0.4 is 0 Å². The van der Waals surface area contributed by atoms with Crippen LogP contribution in [0.1, 0.15) is 77.4 Å². The Morgan fingerprint density at radius 1 is 1.05 bits per heavy atom. The summed E-state index contributed by atoms with van der Waals surface area (Å²) in [5.41, 5.74) is 0.563. The van der Waals surface area contributed by atoms with E-state index in [0.29, 0.717) is 18.4 Å². The summed E-state index contributed by atoms with van der Waals surface area (Å²) in [6.07, 6.45) is 15.2. The molecule has 2 saturated heterocycles. The molecule has 0 aliphatic carbocycles. The lowest BCUT2D eigenvalue weighted by Gasteiger charge is -2.40. The number of hydrogen-bond acceptors (Lipinski definition) is 7. The Bertz CT molecular complexity index is 966. The van der Waals surface area contributed by atoms with Crippen LogP contribution in [0.4, 0.5) is 0 Å². The van der Waals surface area contributed by atoms with Crippen LogP contribution in [0.5, 0.6) is 0 Å². The Balaban J connectivity index is 1.22. The van der Waals surface area contributed by atoms with E-state index in [1.807, 2.05) is 19.3 Å². The zero-order chi connectivity index (χ0) is 27.5. The number of rotatable bonds is 16. The molecule has 0 atom stereocenters. The number of carbonyl (C=O) groups is 1. The van der Waals surface area contributed by atoms with Gasteiger partial charge in [-0.05, 0) is 89.5 Å². The van der Waals surface area contributed by atoms with Crippen LogP contribution in [0.25, 0.3) is 0 Å². The van der Waals surface area contributed by atoms with E-state index in [1.165, 1.54) is 58.5 Å². The third kappa shape index (κ3) is 9.43. The number of H-pyrrole nitrogens is 1. The van der Waals surface area contributed by atoms with Crippen molar-refractivity contribution >= 4 is 5.97 Å². The molecule has 0 amide bonds. The SMILES string of the molecule is CCOC(=O)CCCCN(Cc1ncc[nH]1)Cc1nccn1CCCN1CCC2(CCN(CC(C)C)CC2)C1. The van der Waals surface area contributed by atoms with Gasteiger partial charge < -0.3 is 24.1 Å². The van der Waals surface area contributed by atoms with E-state index in [4.69, 9.17) is 9.72 Å². The standard InChI is InChI=1S/C30H51N7O2/c1-4-39-29(38)8-5-6-15-36(23-27-31-12-13-32-27)24-28-33-14-21-37(28)17-7-16-35-20-11-30(25-35)9-18-34(19-10-30)22-26(2)3/h12-14,21,26H,4-11,15-20,22-25H2,1-3H3,(H,31,32). The largest absolute Gasteiger partial charge is 0.466 e. The van der Waals surface area contributed by atoms with Crippen molar-refractivity contribution in [2.45, 2.75) is 85.4 Å². The normalized spacial score (nSPS) is 18.1. The molecular weight excluding hydrogens is 490 g/mol. The number of imidazole rings is 2. The highest BCUT2D eigenvalue weighted by Crippen LogP contribution is 2.40. The molecule has 1 spiro atoms. The number of esters is 1. The Labute approximate surface area is 235 Å². The number of hydrogen-bond donors (Lipinski definition) is 1. The van der Waals surface area contributed by atoms with Gasteiger partial charge in [-0.2, -0.15) is 0 Å². The van der Waals surface area contributed by atoms with Crippen molar-refractivity contribution in [1.29, 1.82) is 0 Å². The molecule has 2 fully saturated rings. The molecule has 9 heteroatoms. The second-order valence-corrected chi connectivity index (χ2v) is 12.1. The first kappa shape index (κ1) is 29.7. The fourth-order valence-corrected chi connectivity index (χ4v) is 6.36. The van der Waals surface area contributed by atoms with Gasteiger partial charge in [-0.1, -0.05) is 13.8 Å². The maximum absolute atomic E-state index is 11.7. The minimum Gasteiger partial charge on any atom is -0.466 e. The lowest BCUT2D eigenvalue weighted by atomic mass is 9.77. The van der Waals surface area contributed by atoms with Gasteiger partial charge in [-0.3, -0.25) is 9.69 Å². The number of aromatic amines is 1.